The summed E-state index contributed by atoms with van der Waals surface area (Å²) in [6, 6.07) is 65.1. The average Bonchev–Trinajstić information content (AvgIpc) is 4.12. The van der Waals surface area contributed by atoms with E-state index in [1.54, 1.807) is 17.4 Å². The Labute approximate surface area is 431 Å². The minimum atomic E-state index is 0. The minimum Gasteiger partial charge on any atom is -0.502 e. The van der Waals surface area contributed by atoms with Crippen LogP contribution in [-0.4, -0.2) is 51.7 Å². The van der Waals surface area contributed by atoms with Crippen molar-refractivity contribution in [2.75, 3.05) is 33.7 Å². The summed E-state index contributed by atoms with van der Waals surface area (Å²) in [5.41, 5.74) is 9.76. The molecule has 0 atom stereocenters. The maximum Gasteiger partial charge on any atom is 0.124 e. The van der Waals surface area contributed by atoms with Crippen LogP contribution in [0.2, 0.25) is 0 Å². The summed E-state index contributed by atoms with van der Waals surface area (Å²) < 4.78 is 1.71. The molecule has 0 N–H and O–H groups in total. The van der Waals surface area contributed by atoms with Gasteiger partial charge in [-0.25, -0.2) is 14.6 Å². The molecule has 0 amide bonds. The summed E-state index contributed by atoms with van der Waals surface area (Å²) in [6.07, 6.45) is 8.58. The quantitative estimate of drug-likeness (QED) is 0.0754. The number of rotatable bonds is 10. The van der Waals surface area contributed by atoms with Crippen LogP contribution in [-0.2, 0) is 42.1 Å². The fraction of sp³-hybridized carbons (Fsp3) is 0.0370. The molecule has 350 valence electrons. The van der Waals surface area contributed by atoms with E-state index in [0.717, 1.165) is 68.4 Å². The number of aliphatic imine (C=N–C) groups is 2. The molecule has 15 heteroatoms. The number of anilines is 6. The summed E-state index contributed by atoms with van der Waals surface area (Å²) in [7, 11) is 4.03. The molecule has 0 saturated heterocycles. The largest absolute Gasteiger partial charge is 0.502 e. The zero-order valence-corrected chi connectivity index (χ0v) is 41.9. The van der Waals surface area contributed by atoms with E-state index >= 15 is 0 Å². The van der Waals surface area contributed by atoms with E-state index in [4.69, 9.17) is 0 Å². The van der Waals surface area contributed by atoms with Gasteiger partial charge in [-0.15, -0.1) is 16.5 Å². The van der Waals surface area contributed by atoms with Gasteiger partial charge in [0.25, 0.3) is 0 Å². The van der Waals surface area contributed by atoms with Gasteiger partial charge in [0, 0.05) is 71.5 Å². The SMILES string of the molecule is C(=Nc1ccccc1)[N-]c1ccccc1-c1cn(-c2ccccc2[N-]C=Nc2ccccc2)nn1.CN1[CH-]N(c2[c-]cccc2)c2ncccc21.CN1[CH-]N(c2[c-]cccc2)c2ncccc21.[Pt].[Pt]. The molecule has 2 aliphatic rings. The van der Waals surface area contributed by atoms with Gasteiger partial charge in [-0.1, -0.05) is 121 Å². The van der Waals surface area contributed by atoms with Gasteiger partial charge in [0.2, 0.25) is 0 Å². The summed E-state index contributed by atoms with van der Waals surface area (Å²) in [4.78, 5) is 25.8. The van der Waals surface area contributed by atoms with Gasteiger partial charge in [0.1, 0.15) is 17.3 Å². The Morgan fingerprint density at radius 3 is 1.51 bits per heavy atom. The van der Waals surface area contributed by atoms with Crippen molar-refractivity contribution in [3.63, 3.8) is 0 Å². The fourth-order valence-electron chi connectivity index (χ4n) is 7.12. The number of fused-ring (bicyclic) bond motifs is 2. The molecule has 69 heavy (non-hydrogen) atoms. The van der Waals surface area contributed by atoms with Crippen LogP contribution in [0.5, 0.6) is 0 Å². The first-order valence-corrected chi connectivity index (χ1v) is 21.3. The van der Waals surface area contributed by atoms with Gasteiger partial charge in [-0.2, -0.15) is 74.0 Å². The number of nitrogens with zero attached hydrogens (tertiary/aromatic N) is 13. The summed E-state index contributed by atoms with van der Waals surface area (Å²) in [5.74, 6) is 1.90. The molecule has 11 rings (SSSR count). The Morgan fingerprint density at radius 1 is 0.507 bits per heavy atom. The first-order chi connectivity index (χ1) is 33.1. The first kappa shape index (κ1) is 49.2. The van der Waals surface area contributed by atoms with Gasteiger partial charge >= 0.3 is 0 Å². The van der Waals surface area contributed by atoms with E-state index in [1.807, 2.05) is 226 Å². The molecule has 13 nitrogen and oxygen atoms in total. The van der Waals surface area contributed by atoms with Crippen molar-refractivity contribution >= 4 is 69.8 Å². The van der Waals surface area contributed by atoms with Gasteiger partial charge in [0.05, 0.1) is 11.9 Å². The molecule has 5 heterocycles. The zero-order valence-electron chi connectivity index (χ0n) is 37.3. The van der Waals surface area contributed by atoms with Crippen LogP contribution in [0.25, 0.3) is 27.6 Å². The average molecular weight is 1260 g/mol. The van der Waals surface area contributed by atoms with Crippen LogP contribution < -0.4 is 19.6 Å². The summed E-state index contributed by atoms with van der Waals surface area (Å²) in [6.45, 7) is 4.03. The maximum atomic E-state index is 4.54. The Bertz CT molecular complexity index is 2840. The van der Waals surface area contributed by atoms with Crippen molar-refractivity contribution in [3.8, 4) is 16.9 Å². The van der Waals surface area contributed by atoms with E-state index in [9.17, 15) is 0 Å². The molecular formula is C54H43N13Pt2-6. The van der Waals surface area contributed by atoms with Crippen molar-refractivity contribution < 1.29 is 42.1 Å². The van der Waals surface area contributed by atoms with Crippen LogP contribution in [0.4, 0.5) is 57.1 Å². The fourth-order valence-corrected chi connectivity index (χ4v) is 7.12. The molecule has 0 aliphatic carbocycles. The predicted octanol–water partition coefficient (Wildman–Crippen LogP) is 12.8. The second kappa shape index (κ2) is 24.3. The molecule has 0 radical (unpaired) electrons. The molecule has 9 aromatic rings. The second-order valence-corrected chi connectivity index (χ2v) is 14.9. The molecule has 0 unspecified atom stereocenters. The van der Waals surface area contributed by atoms with Crippen LogP contribution >= 0.6 is 0 Å². The molecule has 0 spiro atoms. The number of aromatic nitrogens is 5. The Kier molecular flexibility index (Phi) is 17.4. The third-order valence-electron chi connectivity index (χ3n) is 10.4. The normalized spacial score (nSPS) is 12.2. The van der Waals surface area contributed by atoms with E-state index in [-0.39, 0.29) is 42.1 Å². The van der Waals surface area contributed by atoms with E-state index in [1.165, 1.54) is 0 Å². The predicted molar refractivity (Wildman–Crippen MR) is 271 cm³/mol. The van der Waals surface area contributed by atoms with Crippen LogP contribution in [0.1, 0.15) is 0 Å². The van der Waals surface area contributed by atoms with E-state index < -0.39 is 0 Å². The third-order valence-corrected chi connectivity index (χ3v) is 10.4. The number of hydrogen-bond donors (Lipinski definition) is 0. The van der Waals surface area contributed by atoms with Crippen LogP contribution in [0.3, 0.4) is 0 Å². The van der Waals surface area contributed by atoms with Gasteiger partial charge in [-0.05, 0) is 67.2 Å². The van der Waals surface area contributed by atoms with Crippen molar-refractivity contribution in [2.45, 2.75) is 0 Å². The van der Waals surface area contributed by atoms with Crippen LogP contribution in [0, 0.1) is 25.5 Å². The van der Waals surface area contributed by atoms with E-state index in [2.05, 4.69) is 75.0 Å². The van der Waals surface area contributed by atoms with Crippen LogP contribution in [0.15, 0.2) is 211 Å². The summed E-state index contributed by atoms with van der Waals surface area (Å²) >= 11 is 0. The third kappa shape index (κ3) is 12.2. The number of pyridine rings is 2. The van der Waals surface area contributed by atoms with Crippen molar-refractivity contribution in [3.05, 3.63) is 237 Å². The molecule has 0 fully saturated rings. The van der Waals surface area contributed by atoms with Crippen molar-refractivity contribution in [2.24, 2.45) is 9.98 Å². The monoisotopic (exact) mass is 1260 g/mol. The molecule has 3 aromatic heterocycles. The van der Waals surface area contributed by atoms with E-state index in [0.29, 0.717) is 5.69 Å². The van der Waals surface area contributed by atoms with Gasteiger partial charge in [-0.3, -0.25) is 0 Å². The molecule has 6 aromatic carbocycles. The number of para-hydroxylation sites is 7. The number of hydrogen-bond acceptors (Lipinski definition) is 10. The molecular weight excluding hydrogens is 1220 g/mol. The Morgan fingerprint density at radius 2 is 0.971 bits per heavy atom. The molecule has 0 saturated carbocycles. The Balaban J connectivity index is 0.000000171. The summed E-state index contributed by atoms with van der Waals surface area (Å²) in [5, 5.41) is 17.8. The molecule has 0 bridgehead atoms. The maximum absolute atomic E-state index is 4.54. The number of benzene rings is 6. The smallest absolute Gasteiger partial charge is 0.124 e. The van der Waals surface area contributed by atoms with Gasteiger partial charge < -0.3 is 40.2 Å². The first-order valence-electron chi connectivity index (χ1n) is 21.3. The minimum absolute atomic E-state index is 0. The second-order valence-electron chi connectivity index (χ2n) is 14.9. The Hall–Kier alpha value is -7.72. The zero-order chi connectivity index (χ0) is 45.6. The molecule has 2 aliphatic heterocycles. The topological polar surface area (TPSA) is 122 Å². The van der Waals surface area contributed by atoms with Gasteiger partial charge in [0.15, 0.2) is 0 Å². The standard InChI is InChI=1S/C28H21N7.2C13H11N3.2Pt/c1-3-11-22(12-4-1)29-20-31-25-16-8-7-15-24(25)27-19-35(34-33-27)28-18-10-9-17-26(28)32-21-30-23-13-5-2-6-14-23;2*1-15-10-16(11-6-3-2-4-7-11)13-12(15)8-5-9-14-13;;/h1-21H;2*2-6,8-10H,1H3;;/q3*-2;;. The van der Waals surface area contributed by atoms with Crippen molar-refractivity contribution in [1.82, 2.24) is 25.0 Å². The van der Waals surface area contributed by atoms with Crippen molar-refractivity contribution in [1.29, 1.82) is 0 Å².